The number of carbonyl (C=O) groups is 1. The van der Waals surface area contributed by atoms with Gasteiger partial charge in [0.2, 0.25) is 0 Å². The van der Waals surface area contributed by atoms with Gasteiger partial charge in [0.05, 0.1) is 22.3 Å². The van der Waals surface area contributed by atoms with Crippen molar-refractivity contribution in [2.24, 2.45) is 0 Å². The number of aromatic carboxylic acids is 1. The van der Waals surface area contributed by atoms with Crippen LogP contribution in [0.2, 0.25) is 0 Å². The van der Waals surface area contributed by atoms with Crippen LogP contribution in [-0.4, -0.2) is 31.0 Å². The highest BCUT2D eigenvalue weighted by Gasteiger charge is 2.24. The van der Waals surface area contributed by atoms with Crippen LogP contribution in [0, 0.1) is 0 Å². The zero-order chi connectivity index (χ0) is 16.3. The third-order valence-corrected chi connectivity index (χ3v) is 5.39. The maximum atomic E-state index is 12.7. The van der Waals surface area contributed by atoms with Gasteiger partial charge in [-0.2, -0.15) is 0 Å². The summed E-state index contributed by atoms with van der Waals surface area (Å²) in [5.41, 5.74) is 0.146. The maximum Gasteiger partial charge on any atom is 0.337 e. The number of sulfonamides is 1. The Morgan fingerprint density at radius 1 is 1.27 bits per heavy atom. The Balaban J connectivity index is 2.49. The smallest absolute Gasteiger partial charge is 0.337 e. The predicted octanol–water partition coefficient (Wildman–Crippen LogP) is 2.76. The van der Waals surface area contributed by atoms with Crippen molar-refractivity contribution in [3.63, 3.8) is 0 Å². The molecule has 1 aromatic heterocycles. The van der Waals surface area contributed by atoms with E-state index in [2.05, 4.69) is 20.9 Å². The summed E-state index contributed by atoms with van der Waals surface area (Å²) in [7, 11) is -3.78. The molecule has 2 aromatic rings. The molecule has 0 aliphatic heterocycles. The average molecular weight is 385 g/mol. The zero-order valence-corrected chi connectivity index (χ0v) is 14.0. The van der Waals surface area contributed by atoms with Crippen LogP contribution in [-0.2, 0) is 10.0 Å². The average Bonchev–Trinajstić information content (AvgIpc) is 2.48. The molecule has 0 atom stereocenters. The molecule has 0 amide bonds. The number of anilines is 1. The van der Waals surface area contributed by atoms with Crippen LogP contribution in [0.1, 0.15) is 17.3 Å². The van der Waals surface area contributed by atoms with Crippen molar-refractivity contribution in [3.05, 3.63) is 52.8 Å². The van der Waals surface area contributed by atoms with Crippen LogP contribution in [0.4, 0.5) is 5.69 Å². The first-order chi connectivity index (χ1) is 10.4. The Morgan fingerprint density at radius 3 is 2.45 bits per heavy atom. The monoisotopic (exact) mass is 384 g/mol. The molecule has 2 rings (SSSR count). The number of carboxylic acid groups (broad SMARTS) is 1. The van der Waals surface area contributed by atoms with Gasteiger partial charge in [0, 0.05) is 17.2 Å². The normalized spacial score (nSPS) is 11.2. The molecule has 0 spiro atoms. The lowest BCUT2D eigenvalue weighted by atomic mass is 10.2. The maximum absolute atomic E-state index is 12.7. The largest absolute Gasteiger partial charge is 0.478 e. The summed E-state index contributed by atoms with van der Waals surface area (Å²) in [6.07, 6.45) is 2.50. The van der Waals surface area contributed by atoms with Gasteiger partial charge in [-0.1, -0.05) is 15.9 Å². The summed E-state index contributed by atoms with van der Waals surface area (Å²) < 4.78 is 27.3. The standard InChI is InChI=1S/C14H13BrN2O4S/c1-2-17(12-7-10(14(18)19)8-16-9-12)22(20,21)13-5-3-11(15)4-6-13/h3-9H,2H2,1H3,(H,18,19). The fourth-order valence-corrected chi connectivity index (χ4v) is 3.62. The summed E-state index contributed by atoms with van der Waals surface area (Å²) in [6.45, 7) is 1.83. The number of hydrogen-bond acceptors (Lipinski definition) is 4. The molecule has 0 radical (unpaired) electrons. The lowest BCUT2D eigenvalue weighted by Gasteiger charge is -2.22. The minimum absolute atomic E-state index is 0.0676. The van der Waals surface area contributed by atoms with E-state index in [9.17, 15) is 13.2 Å². The second-order valence-electron chi connectivity index (χ2n) is 4.36. The molecule has 8 heteroatoms. The van der Waals surface area contributed by atoms with Crippen LogP contribution in [0.25, 0.3) is 0 Å². The van der Waals surface area contributed by atoms with E-state index >= 15 is 0 Å². The highest BCUT2D eigenvalue weighted by molar-refractivity contribution is 9.10. The number of pyridine rings is 1. The second-order valence-corrected chi connectivity index (χ2v) is 7.14. The van der Waals surface area contributed by atoms with Gasteiger partial charge in [-0.3, -0.25) is 9.29 Å². The van der Waals surface area contributed by atoms with Crippen LogP contribution in [0.15, 0.2) is 52.1 Å². The number of rotatable bonds is 5. The van der Waals surface area contributed by atoms with E-state index in [0.29, 0.717) is 0 Å². The number of nitrogens with zero attached hydrogens (tertiary/aromatic N) is 2. The van der Waals surface area contributed by atoms with E-state index in [1.807, 2.05) is 0 Å². The van der Waals surface area contributed by atoms with Crippen molar-refractivity contribution in [2.45, 2.75) is 11.8 Å². The fourth-order valence-electron chi connectivity index (χ4n) is 1.91. The van der Waals surface area contributed by atoms with Gasteiger partial charge in [0.1, 0.15) is 0 Å². The molecular formula is C14H13BrN2O4S. The minimum Gasteiger partial charge on any atom is -0.478 e. The minimum atomic E-state index is -3.78. The molecular weight excluding hydrogens is 372 g/mol. The SMILES string of the molecule is CCN(c1cncc(C(=O)O)c1)S(=O)(=O)c1ccc(Br)cc1. The predicted molar refractivity (Wildman–Crippen MR) is 85.5 cm³/mol. The molecule has 22 heavy (non-hydrogen) atoms. The first kappa shape index (κ1) is 16.4. The number of aromatic nitrogens is 1. The Labute approximate surface area is 136 Å². The molecule has 0 aliphatic rings. The molecule has 0 unspecified atom stereocenters. The van der Waals surface area contributed by atoms with Crippen molar-refractivity contribution in [3.8, 4) is 0 Å². The topological polar surface area (TPSA) is 87.6 Å². The summed E-state index contributed by atoms with van der Waals surface area (Å²) in [4.78, 5) is 14.9. The molecule has 0 saturated carbocycles. The molecule has 0 bridgehead atoms. The van der Waals surface area contributed by atoms with Gasteiger partial charge in [-0.15, -0.1) is 0 Å². The lowest BCUT2D eigenvalue weighted by molar-refractivity contribution is 0.0696. The number of benzene rings is 1. The number of carboxylic acids is 1. The summed E-state index contributed by atoms with van der Waals surface area (Å²) in [6, 6.07) is 7.52. The van der Waals surface area contributed by atoms with Crippen LogP contribution >= 0.6 is 15.9 Å². The van der Waals surface area contributed by atoms with Crippen molar-refractivity contribution >= 4 is 37.6 Å². The summed E-state index contributed by atoms with van der Waals surface area (Å²) in [5.74, 6) is -1.16. The highest BCUT2D eigenvalue weighted by Crippen LogP contribution is 2.24. The molecule has 0 saturated heterocycles. The quantitative estimate of drug-likeness (QED) is 0.855. The fraction of sp³-hybridized carbons (Fsp3) is 0.143. The van der Waals surface area contributed by atoms with Crippen molar-refractivity contribution < 1.29 is 18.3 Å². The van der Waals surface area contributed by atoms with E-state index in [1.165, 1.54) is 30.6 Å². The van der Waals surface area contributed by atoms with Gasteiger partial charge in [0.15, 0.2) is 0 Å². The highest BCUT2D eigenvalue weighted by atomic mass is 79.9. The van der Waals surface area contributed by atoms with Crippen LogP contribution < -0.4 is 4.31 Å². The number of halogens is 1. The second kappa shape index (κ2) is 6.45. The number of hydrogen-bond donors (Lipinski definition) is 1. The van der Waals surface area contributed by atoms with Gasteiger partial charge in [0.25, 0.3) is 10.0 Å². The van der Waals surface area contributed by atoms with Crippen molar-refractivity contribution in [1.29, 1.82) is 0 Å². The van der Waals surface area contributed by atoms with E-state index in [1.54, 1.807) is 19.1 Å². The van der Waals surface area contributed by atoms with Crippen molar-refractivity contribution in [1.82, 2.24) is 4.98 Å². The molecule has 0 fully saturated rings. The summed E-state index contributed by atoms with van der Waals surface area (Å²) in [5, 5.41) is 9.00. The first-order valence-corrected chi connectivity index (χ1v) is 8.56. The lowest BCUT2D eigenvalue weighted by Crippen LogP contribution is -2.31. The van der Waals surface area contributed by atoms with Gasteiger partial charge in [-0.05, 0) is 37.3 Å². The zero-order valence-electron chi connectivity index (χ0n) is 11.6. The van der Waals surface area contributed by atoms with Gasteiger partial charge < -0.3 is 5.11 Å². The molecule has 116 valence electrons. The molecule has 1 N–H and O–H groups in total. The molecule has 1 aromatic carbocycles. The molecule has 1 heterocycles. The molecule has 0 aliphatic carbocycles. The van der Waals surface area contributed by atoms with E-state index in [4.69, 9.17) is 5.11 Å². The third kappa shape index (κ3) is 3.28. The first-order valence-electron chi connectivity index (χ1n) is 6.33. The Morgan fingerprint density at radius 2 is 1.91 bits per heavy atom. The Kier molecular flexibility index (Phi) is 4.82. The Hall–Kier alpha value is -1.93. The summed E-state index contributed by atoms with van der Waals surface area (Å²) >= 11 is 3.25. The van der Waals surface area contributed by atoms with Crippen molar-refractivity contribution in [2.75, 3.05) is 10.8 Å². The van der Waals surface area contributed by atoms with Crippen LogP contribution in [0.5, 0.6) is 0 Å². The van der Waals surface area contributed by atoms with Gasteiger partial charge in [-0.25, -0.2) is 13.2 Å². The van der Waals surface area contributed by atoms with E-state index in [-0.39, 0.29) is 22.7 Å². The van der Waals surface area contributed by atoms with E-state index < -0.39 is 16.0 Å². The van der Waals surface area contributed by atoms with Gasteiger partial charge >= 0.3 is 5.97 Å². The Bertz CT molecular complexity index is 791. The van der Waals surface area contributed by atoms with Crippen LogP contribution in [0.3, 0.4) is 0 Å². The third-order valence-electron chi connectivity index (χ3n) is 2.95. The molecule has 6 nitrogen and oxygen atoms in total. The van der Waals surface area contributed by atoms with E-state index in [0.717, 1.165) is 8.78 Å².